The van der Waals surface area contributed by atoms with E-state index in [1.165, 1.54) is 18.0 Å². The number of carbonyl (C=O) groups excluding carboxylic acids is 1. The van der Waals surface area contributed by atoms with Crippen molar-refractivity contribution in [1.82, 2.24) is 15.3 Å². The Kier molecular flexibility index (Phi) is 7.39. The summed E-state index contributed by atoms with van der Waals surface area (Å²) in [6, 6.07) is 8.11. The van der Waals surface area contributed by atoms with Crippen LogP contribution in [0.5, 0.6) is 0 Å². The summed E-state index contributed by atoms with van der Waals surface area (Å²) in [4.78, 5) is 32.4. The lowest BCUT2D eigenvalue weighted by molar-refractivity contribution is -0.139. The van der Waals surface area contributed by atoms with Gasteiger partial charge in [0, 0.05) is 18.4 Å². The van der Waals surface area contributed by atoms with E-state index < -0.39 is 17.9 Å². The molecule has 2 rings (SSSR count). The summed E-state index contributed by atoms with van der Waals surface area (Å²) in [7, 11) is 0. The van der Waals surface area contributed by atoms with Gasteiger partial charge in [-0.15, -0.1) is 0 Å². The summed E-state index contributed by atoms with van der Waals surface area (Å²) in [5, 5.41) is 12.4. The summed E-state index contributed by atoms with van der Waals surface area (Å²) < 4.78 is 0.426. The Morgan fingerprint density at radius 2 is 2.04 bits per heavy atom. The molecule has 132 valence electrons. The number of benzene rings is 1. The van der Waals surface area contributed by atoms with Crippen molar-refractivity contribution in [2.24, 2.45) is 0 Å². The van der Waals surface area contributed by atoms with Crippen molar-refractivity contribution >= 4 is 39.6 Å². The Morgan fingerprint density at radius 1 is 1.32 bits per heavy atom. The Hall–Kier alpha value is -1.93. The van der Waals surface area contributed by atoms with Gasteiger partial charge in [-0.05, 0) is 27.9 Å². The average molecular weight is 424 g/mol. The molecule has 2 N–H and O–H groups in total. The monoisotopic (exact) mass is 423 g/mol. The van der Waals surface area contributed by atoms with Crippen molar-refractivity contribution in [1.29, 1.82) is 0 Å². The van der Waals surface area contributed by atoms with Crippen molar-refractivity contribution in [3.8, 4) is 0 Å². The highest BCUT2D eigenvalue weighted by Crippen LogP contribution is 2.19. The number of nitrogens with one attached hydrogen (secondary N) is 1. The summed E-state index contributed by atoms with van der Waals surface area (Å²) >= 11 is 4.70. The van der Waals surface area contributed by atoms with Crippen LogP contribution in [-0.4, -0.2) is 38.7 Å². The van der Waals surface area contributed by atoms with Gasteiger partial charge < -0.3 is 10.4 Å². The average Bonchev–Trinajstić information content (AvgIpc) is 2.61. The highest BCUT2D eigenvalue weighted by Gasteiger charge is 2.23. The number of carbonyl (C=O) groups is 2. The highest BCUT2D eigenvalue weighted by molar-refractivity contribution is 9.10. The third-order valence-corrected chi connectivity index (χ3v) is 4.91. The second-order valence-electron chi connectivity index (χ2n) is 5.25. The standard InChI is InChI=1S/C17H18BrN3O3S/c1-2-8-25-17-19-10-12(18)14(21-17)15(22)20-13(16(23)24)9-11-6-4-3-5-7-11/h3-7,10,13H,2,8-9H2,1H3,(H,20,22)(H,23,24)/t13-/m0/s1. The number of carboxylic acid groups (broad SMARTS) is 1. The molecule has 0 bridgehead atoms. The lowest BCUT2D eigenvalue weighted by atomic mass is 10.1. The number of thioether (sulfide) groups is 1. The Bertz CT molecular complexity index is 743. The molecule has 1 heterocycles. The maximum atomic E-state index is 12.5. The van der Waals surface area contributed by atoms with Gasteiger partial charge in [-0.25, -0.2) is 14.8 Å². The Labute approximate surface area is 158 Å². The van der Waals surface area contributed by atoms with Crippen LogP contribution in [-0.2, 0) is 11.2 Å². The maximum Gasteiger partial charge on any atom is 0.326 e. The van der Waals surface area contributed by atoms with Crippen LogP contribution in [0, 0.1) is 0 Å². The number of hydrogen-bond acceptors (Lipinski definition) is 5. The predicted molar refractivity (Wildman–Crippen MR) is 99.8 cm³/mol. The molecule has 0 aliphatic heterocycles. The molecule has 0 unspecified atom stereocenters. The molecule has 0 saturated heterocycles. The third kappa shape index (κ3) is 5.82. The van der Waals surface area contributed by atoms with E-state index in [9.17, 15) is 14.7 Å². The molecule has 0 aliphatic rings. The van der Waals surface area contributed by atoms with E-state index >= 15 is 0 Å². The first-order valence-electron chi connectivity index (χ1n) is 7.74. The largest absolute Gasteiger partial charge is 0.480 e. The van der Waals surface area contributed by atoms with Crippen molar-refractivity contribution < 1.29 is 14.7 Å². The molecule has 0 aliphatic carbocycles. The van der Waals surface area contributed by atoms with Crippen LogP contribution in [0.3, 0.4) is 0 Å². The maximum absolute atomic E-state index is 12.5. The van der Waals surface area contributed by atoms with Crippen LogP contribution < -0.4 is 5.32 Å². The first-order valence-corrected chi connectivity index (χ1v) is 9.52. The number of halogens is 1. The quantitative estimate of drug-likeness (QED) is 0.500. The van der Waals surface area contributed by atoms with Crippen molar-refractivity contribution in [2.45, 2.75) is 31.0 Å². The molecule has 1 aromatic heterocycles. The molecule has 8 heteroatoms. The van der Waals surface area contributed by atoms with E-state index in [0.717, 1.165) is 17.7 Å². The summed E-state index contributed by atoms with van der Waals surface area (Å²) in [6.45, 7) is 2.04. The topological polar surface area (TPSA) is 92.2 Å². The molecule has 1 aromatic carbocycles. The van der Waals surface area contributed by atoms with Gasteiger partial charge >= 0.3 is 5.97 Å². The Balaban J connectivity index is 2.14. The molecule has 1 amide bonds. The number of aromatic nitrogens is 2. The number of aliphatic carboxylic acids is 1. The molecule has 6 nitrogen and oxygen atoms in total. The van der Waals surface area contributed by atoms with Crippen LogP contribution in [0.25, 0.3) is 0 Å². The van der Waals surface area contributed by atoms with Gasteiger partial charge in [0.1, 0.15) is 11.7 Å². The van der Waals surface area contributed by atoms with Gasteiger partial charge in [-0.2, -0.15) is 0 Å². The number of hydrogen-bond donors (Lipinski definition) is 2. The molecule has 1 atom stereocenters. The molecule has 2 aromatic rings. The van der Waals surface area contributed by atoms with Crippen molar-refractivity contribution in [3.63, 3.8) is 0 Å². The second kappa shape index (κ2) is 9.53. The highest BCUT2D eigenvalue weighted by atomic mass is 79.9. The van der Waals surface area contributed by atoms with Crippen LogP contribution in [0.1, 0.15) is 29.4 Å². The third-order valence-electron chi connectivity index (χ3n) is 3.26. The van der Waals surface area contributed by atoms with E-state index in [1.54, 1.807) is 0 Å². The predicted octanol–water partition coefficient (Wildman–Crippen LogP) is 3.17. The summed E-state index contributed by atoms with van der Waals surface area (Å²) in [5.74, 6) is -0.798. The number of rotatable bonds is 8. The lowest BCUT2D eigenvalue weighted by Crippen LogP contribution is -2.42. The second-order valence-corrected chi connectivity index (χ2v) is 7.17. The summed E-state index contributed by atoms with van der Waals surface area (Å²) in [6.07, 6.45) is 2.67. The fraction of sp³-hybridized carbons (Fsp3) is 0.294. The molecule has 0 radical (unpaired) electrons. The number of carboxylic acids is 1. The first kappa shape index (κ1) is 19.4. The molecule has 0 fully saturated rings. The van der Waals surface area contributed by atoms with Gasteiger partial charge in [-0.3, -0.25) is 4.79 Å². The normalized spacial score (nSPS) is 11.8. The molecular weight excluding hydrogens is 406 g/mol. The fourth-order valence-corrected chi connectivity index (χ4v) is 3.09. The Morgan fingerprint density at radius 3 is 2.68 bits per heavy atom. The minimum absolute atomic E-state index is 0.132. The van der Waals surface area contributed by atoms with Crippen LogP contribution in [0.15, 0.2) is 46.2 Å². The smallest absolute Gasteiger partial charge is 0.326 e. The zero-order chi connectivity index (χ0) is 18.2. The van der Waals surface area contributed by atoms with E-state index in [1.807, 2.05) is 37.3 Å². The molecular formula is C17H18BrN3O3S. The van der Waals surface area contributed by atoms with Gasteiger partial charge in [0.25, 0.3) is 5.91 Å². The molecule has 0 saturated carbocycles. The lowest BCUT2D eigenvalue weighted by Gasteiger charge is -2.15. The van der Waals surface area contributed by atoms with E-state index in [0.29, 0.717) is 9.63 Å². The number of amides is 1. The molecule has 0 spiro atoms. The van der Waals surface area contributed by atoms with Gasteiger partial charge in [0.15, 0.2) is 5.16 Å². The SMILES string of the molecule is CCCSc1ncc(Br)c(C(=O)N[C@@H](Cc2ccccc2)C(=O)O)n1. The van der Waals surface area contributed by atoms with Gasteiger partial charge in [0.05, 0.1) is 4.47 Å². The van der Waals surface area contributed by atoms with Gasteiger partial charge in [-0.1, -0.05) is 49.0 Å². The minimum atomic E-state index is -1.09. The fourth-order valence-electron chi connectivity index (χ4n) is 2.05. The van der Waals surface area contributed by atoms with E-state index in [-0.39, 0.29) is 12.1 Å². The zero-order valence-electron chi connectivity index (χ0n) is 13.6. The van der Waals surface area contributed by atoms with Gasteiger partial charge in [0.2, 0.25) is 0 Å². The zero-order valence-corrected chi connectivity index (χ0v) is 16.0. The van der Waals surface area contributed by atoms with E-state index in [4.69, 9.17) is 0 Å². The van der Waals surface area contributed by atoms with Crippen LogP contribution in [0.2, 0.25) is 0 Å². The van der Waals surface area contributed by atoms with Crippen molar-refractivity contribution in [2.75, 3.05) is 5.75 Å². The number of nitrogens with zero attached hydrogens (tertiary/aromatic N) is 2. The first-order chi connectivity index (χ1) is 12.0. The minimum Gasteiger partial charge on any atom is -0.480 e. The van der Waals surface area contributed by atoms with E-state index in [2.05, 4.69) is 31.2 Å². The van der Waals surface area contributed by atoms with Crippen molar-refractivity contribution in [3.05, 3.63) is 52.3 Å². The van der Waals surface area contributed by atoms with Crippen LogP contribution in [0.4, 0.5) is 0 Å². The van der Waals surface area contributed by atoms with Crippen LogP contribution >= 0.6 is 27.7 Å². The molecule has 25 heavy (non-hydrogen) atoms. The summed E-state index contributed by atoms with van der Waals surface area (Å²) in [5.41, 5.74) is 0.962.